The number of rotatable bonds is 7. The molecule has 4 nitrogen and oxygen atoms in total. The van der Waals surface area contributed by atoms with Crippen molar-refractivity contribution in [1.29, 1.82) is 0 Å². The lowest BCUT2D eigenvalue weighted by Crippen LogP contribution is -2.26. The number of nitrogens with zero attached hydrogens (tertiary/aromatic N) is 1. The number of terminal acetylenes is 1. The summed E-state index contributed by atoms with van der Waals surface area (Å²) in [6, 6.07) is 3.47. The smallest absolute Gasteiger partial charge is 0.253 e. The molecule has 0 aromatic carbocycles. The molecular formula is C12H18N2O2S2. The van der Waals surface area contributed by atoms with Gasteiger partial charge >= 0.3 is 0 Å². The van der Waals surface area contributed by atoms with Crippen LogP contribution in [0.3, 0.4) is 0 Å². The van der Waals surface area contributed by atoms with Gasteiger partial charge in [-0.05, 0) is 25.1 Å². The molecule has 18 heavy (non-hydrogen) atoms. The second-order valence-corrected chi connectivity index (χ2v) is 7.30. The fourth-order valence-electron chi connectivity index (χ4n) is 1.35. The fraction of sp³-hybridized carbons (Fsp3) is 0.500. The molecule has 6 heteroatoms. The Morgan fingerprint density at radius 1 is 1.50 bits per heavy atom. The normalized spacial score (nSPS) is 11.7. The number of thiophene rings is 1. The molecule has 0 atom stereocenters. The van der Waals surface area contributed by atoms with Crippen molar-refractivity contribution in [2.24, 2.45) is 0 Å². The first kappa shape index (κ1) is 15.2. The highest BCUT2D eigenvalue weighted by Crippen LogP contribution is 2.24. The van der Waals surface area contributed by atoms with Gasteiger partial charge in [-0.1, -0.05) is 12.8 Å². The number of hydrogen-bond acceptors (Lipinski definition) is 4. The summed E-state index contributed by atoms with van der Waals surface area (Å²) >= 11 is 1.28. The standard InChI is InChI=1S/C12H18N2O2S2/c1-4-8-13-10-11-6-7-12(17-11)18(15,16)14(3)9-5-2/h2,6-7,13H,4,8-10H2,1,3H3. The molecule has 0 fully saturated rings. The van der Waals surface area contributed by atoms with E-state index in [2.05, 4.69) is 18.2 Å². The molecule has 0 aliphatic heterocycles. The molecule has 1 rings (SSSR count). The third-order valence-corrected chi connectivity index (χ3v) is 5.70. The second-order valence-electron chi connectivity index (χ2n) is 3.86. The van der Waals surface area contributed by atoms with E-state index in [1.807, 2.05) is 6.07 Å². The van der Waals surface area contributed by atoms with Crippen LogP contribution < -0.4 is 5.32 Å². The average Bonchev–Trinajstić information content (AvgIpc) is 2.79. The Bertz CT molecular complexity index is 514. The summed E-state index contributed by atoms with van der Waals surface area (Å²) in [7, 11) is -1.94. The van der Waals surface area contributed by atoms with E-state index in [0.29, 0.717) is 10.8 Å². The molecule has 0 radical (unpaired) electrons. The SMILES string of the molecule is C#CCN(C)S(=O)(=O)c1ccc(CNCCC)s1. The van der Waals surface area contributed by atoms with E-state index >= 15 is 0 Å². The summed E-state index contributed by atoms with van der Waals surface area (Å²) in [6.07, 6.45) is 6.18. The van der Waals surface area contributed by atoms with Crippen molar-refractivity contribution in [2.45, 2.75) is 24.1 Å². The summed E-state index contributed by atoms with van der Waals surface area (Å²) in [5, 5.41) is 3.24. The third kappa shape index (κ3) is 3.82. The number of nitrogens with one attached hydrogen (secondary N) is 1. The predicted octanol–water partition coefficient (Wildman–Crippen LogP) is 1.50. The van der Waals surface area contributed by atoms with Crippen LogP contribution in [0.1, 0.15) is 18.2 Å². The van der Waals surface area contributed by atoms with E-state index in [9.17, 15) is 8.42 Å². The van der Waals surface area contributed by atoms with Crippen molar-refractivity contribution in [3.8, 4) is 12.3 Å². The quantitative estimate of drug-likeness (QED) is 0.610. The van der Waals surface area contributed by atoms with Gasteiger partial charge in [-0.2, -0.15) is 4.31 Å². The third-order valence-electron chi connectivity index (χ3n) is 2.34. The molecule has 0 unspecified atom stereocenters. The first-order valence-corrected chi connectivity index (χ1v) is 7.97. The maximum absolute atomic E-state index is 12.1. The van der Waals surface area contributed by atoms with Crippen molar-refractivity contribution in [1.82, 2.24) is 9.62 Å². The van der Waals surface area contributed by atoms with Crippen molar-refractivity contribution in [2.75, 3.05) is 20.1 Å². The Morgan fingerprint density at radius 3 is 2.83 bits per heavy atom. The van der Waals surface area contributed by atoms with Crippen molar-refractivity contribution >= 4 is 21.4 Å². The molecule has 1 aromatic rings. The average molecular weight is 286 g/mol. The number of hydrogen-bond donors (Lipinski definition) is 1. The van der Waals surface area contributed by atoms with Gasteiger partial charge in [0.15, 0.2) is 0 Å². The zero-order chi connectivity index (χ0) is 13.6. The van der Waals surface area contributed by atoms with Crippen LogP contribution in [0.4, 0.5) is 0 Å². The first-order chi connectivity index (χ1) is 8.52. The topological polar surface area (TPSA) is 49.4 Å². The van der Waals surface area contributed by atoms with Crippen LogP contribution in [-0.4, -0.2) is 32.9 Å². The van der Waals surface area contributed by atoms with E-state index in [-0.39, 0.29) is 6.54 Å². The zero-order valence-corrected chi connectivity index (χ0v) is 12.3. The minimum atomic E-state index is -3.43. The Kier molecular flexibility index (Phi) is 5.82. The van der Waals surface area contributed by atoms with Gasteiger partial charge in [0, 0.05) is 18.5 Å². The largest absolute Gasteiger partial charge is 0.312 e. The molecule has 0 amide bonds. The van der Waals surface area contributed by atoms with Crippen LogP contribution in [0.15, 0.2) is 16.3 Å². The second kappa shape index (κ2) is 6.90. The van der Waals surface area contributed by atoms with E-state index in [1.165, 1.54) is 22.7 Å². The molecule has 1 N–H and O–H groups in total. The Hall–Kier alpha value is -0.870. The Morgan fingerprint density at radius 2 is 2.22 bits per heavy atom. The highest BCUT2D eigenvalue weighted by atomic mass is 32.2. The van der Waals surface area contributed by atoms with Gasteiger partial charge in [0.05, 0.1) is 6.54 Å². The van der Waals surface area contributed by atoms with Crippen LogP contribution >= 0.6 is 11.3 Å². The molecule has 0 saturated carbocycles. The fourth-order valence-corrected chi connectivity index (χ4v) is 3.97. The summed E-state index contributed by atoms with van der Waals surface area (Å²) < 4.78 is 25.7. The molecular weight excluding hydrogens is 268 g/mol. The van der Waals surface area contributed by atoms with E-state index in [0.717, 1.165) is 17.8 Å². The zero-order valence-electron chi connectivity index (χ0n) is 10.6. The number of sulfonamides is 1. The van der Waals surface area contributed by atoms with Gasteiger partial charge in [0.25, 0.3) is 10.0 Å². The van der Waals surface area contributed by atoms with E-state index in [1.54, 1.807) is 6.07 Å². The van der Waals surface area contributed by atoms with Crippen molar-refractivity contribution in [3.05, 3.63) is 17.0 Å². The lowest BCUT2D eigenvalue weighted by molar-refractivity contribution is 0.505. The predicted molar refractivity (Wildman–Crippen MR) is 75.0 cm³/mol. The molecule has 1 aromatic heterocycles. The Labute approximate surface area is 113 Å². The van der Waals surface area contributed by atoms with E-state index in [4.69, 9.17) is 6.42 Å². The van der Waals surface area contributed by atoms with Gasteiger partial charge in [0.2, 0.25) is 0 Å². The van der Waals surface area contributed by atoms with Crippen LogP contribution in [0, 0.1) is 12.3 Å². The minimum absolute atomic E-state index is 0.0870. The summed E-state index contributed by atoms with van der Waals surface area (Å²) in [4.78, 5) is 1.01. The van der Waals surface area contributed by atoms with Crippen molar-refractivity contribution in [3.63, 3.8) is 0 Å². The van der Waals surface area contributed by atoms with Crippen LogP contribution in [0.5, 0.6) is 0 Å². The van der Waals surface area contributed by atoms with Crippen LogP contribution in [0.25, 0.3) is 0 Å². The molecule has 0 aliphatic carbocycles. The lowest BCUT2D eigenvalue weighted by atomic mass is 10.4. The van der Waals surface area contributed by atoms with Crippen LogP contribution in [-0.2, 0) is 16.6 Å². The lowest BCUT2D eigenvalue weighted by Gasteiger charge is -2.12. The molecule has 0 bridgehead atoms. The maximum atomic E-state index is 12.1. The van der Waals surface area contributed by atoms with Gasteiger partial charge in [-0.25, -0.2) is 8.42 Å². The van der Waals surface area contributed by atoms with Gasteiger partial charge in [-0.3, -0.25) is 0 Å². The first-order valence-electron chi connectivity index (χ1n) is 5.71. The van der Waals surface area contributed by atoms with Gasteiger partial charge in [0.1, 0.15) is 4.21 Å². The maximum Gasteiger partial charge on any atom is 0.253 e. The molecule has 0 spiro atoms. The van der Waals surface area contributed by atoms with Crippen molar-refractivity contribution < 1.29 is 8.42 Å². The van der Waals surface area contributed by atoms with Crippen LogP contribution in [0.2, 0.25) is 0 Å². The molecule has 1 heterocycles. The summed E-state index contributed by atoms with van der Waals surface area (Å²) in [5.74, 6) is 2.33. The molecule has 0 saturated heterocycles. The Balaban J connectivity index is 2.76. The highest BCUT2D eigenvalue weighted by molar-refractivity contribution is 7.91. The molecule has 0 aliphatic rings. The highest BCUT2D eigenvalue weighted by Gasteiger charge is 2.21. The summed E-state index contributed by atoms with van der Waals surface area (Å²) in [5.41, 5.74) is 0. The van der Waals surface area contributed by atoms with Gasteiger partial charge < -0.3 is 5.32 Å². The monoisotopic (exact) mass is 286 g/mol. The molecule has 100 valence electrons. The minimum Gasteiger partial charge on any atom is -0.312 e. The summed E-state index contributed by atoms with van der Waals surface area (Å²) in [6.45, 7) is 3.81. The van der Waals surface area contributed by atoms with E-state index < -0.39 is 10.0 Å². The van der Waals surface area contributed by atoms with Gasteiger partial charge in [-0.15, -0.1) is 17.8 Å².